The third kappa shape index (κ3) is 9.83. The molecule has 0 fully saturated rings. The number of hydrogen-bond acceptors (Lipinski definition) is 2. The van der Waals surface area contributed by atoms with Crippen molar-refractivity contribution in [3.8, 4) is 5.75 Å². The van der Waals surface area contributed by atoms with Crippen LogP contribution >= 0.6 is 0 Å². The van der Waals surface area contributed by atoms with Gasteiger partial charge in [0.05, 0.1) is 6.61 Å². The van der Waals surface area contributed by atoms with Gasteiger partial charge in [0, 0.05) is 0 Å². The lowest BCUT2D eigenvalue weighted by atomic mass is 10.0. The predicted molar refractivity (Wildman–Crippen MR) is 94.6 cm³/mol. The Morgan fingerprint density at radius 2 is 1.32 bits per heavy atom. The number of benzene rings is 1. The first-order chi connectivity index (χ1) is 10.9. The van der Waals surface area contributed by atoms with Crippen LogP contribution in [0, 0.1) is 0 Å². The van der Waals surface area contributed by atoms with Crippen molar-refractivity contribution < 1.29 is 9.84 Å². The molecular weight excluding hydrogens is 272 g/mol. The number of aliphatic hydroxyl groups excluding tert-OH is 1. The first-order valence-corrected chi connectivity index (χ1v) is 9.19. The van der Waals surface area contributed by atoms with E-state index in [1.54, 1.807) is 0 Å². The van der Waals surface area contributed by atoms with Crippen LogP contribution in [-0.4, -0.2) is 18.3 Å². The molecule has 0 aliphatic heterocycles. The summed E-state index contributed by atoms with van der Waals surface area (Å²) in [7, 11) is 0. The summed E-state index contributed by atoms with van der Waals surface area (Å²) in [4.78, 5) is 0. The molecule has 0 amide bonds. The van der Waals surface area contributed by atoms with Crippen LogP contribution in [0.25, 0.3) is 0 Å². The molecule has 0 radical (unpaired) electrons. The van der Waals surface area contributed by atoms with Crippen LogP contribution in [0.3, 0.4) is 0 Å². The van der Waals surface area contributed by atoms with Crippen LogP contribution in [0.4, 0.5) is 0 Å². The highest BCUT2D eigenvalue weighted by molar-refractivity contribution is 5.27. The third-order valence-electron chi connectivity index (χ3n) is 4.10. The van der Waals surface area contributed by atoms with Gasteiger partial charge in [-0.25, -0.2) is 0 Å². The molecule has 22 heavy (non-hydrogen) atoms. The van der Waals surface area contributed by atoms with E-state index in [1.807, 2.05) is 12.1 Å². The van der Waals surface area contributed by atoms with Gasteiger partial charge in [-0.1, -0.05) is 76.8 Å². The van der Waals surface area contributed by atoms with Gasteiger partial charge in [0.2, 0.25) is 0 Å². The molecular formula is C20H34O2. The SMILES string of the molecule is CCCCCCCCCCCCc1ccc(OCCO)cc1. The summed E-state index contributed by atoms with van der Waals surface area (Å²) in [6.07, 6.45) is 15.0. The summed E-state index contributed by atoms with van der Waals surface area (Å²) in [6.45, 7) is 2.72. The number of hydrogen-bond donors (Lipinski definition) is 1. The Balaban J connectivity index is 1.96. The lowest BCUT2D eigenvalue weighted by molar-refractivity contribution is 0.201. The second-order valence-corrected chi connectivity index (χ2v) is 6.15. The van der Waals surface area contributed by atoms with Gasteiger partial charge >= 0.3 is 0 Å². The Morgan fingerprint density at radius 1 is 0.773 bits per heavy atom. The van der Waals surface area contributed by atoms with Crippen molar-refractivity contribution in [1.29, 1.82) is 0 Å². The second kappa shape index (κ2) is 13.6. The molecule has 0 heterocycles. The Bertz CT molecular complexity index is 345. The summed E-state index contributed by atoms with van der Waals surface area (Å²) >= 11 is 0. The number of ether oxygens (including phenoxy) is 1. The van der Waals surface area contributed by atoms with Crippen LogP contribution in [0.15, 0.2) is 24.3 Å². The van der Waals surface area contributed by atoms with Gasteiger partial charge in [0.25, 0.3) is 0 Å². The maximum Gasteiger partial charge on any atom is 0.119 e. The van der Waals surface area contributed by atoms with Crippen LogP contribution in [0.5, 0.6) is 5.75 Å². The first-order valence-electron chi connectivity index (χ1n) is 9.19. The smallest absolute Gasteiger partial charge is 0.119 e. The fourth-order valence-corrected chi connectivity index (χ4v) is 2.73. The number of unbranched alkanes of at least 4 members (excludes halogenated alkanes) is 9. The molecule has 1 aromatic rings. The molecule has 1 aromatic carbocycles. The van der Waals surface area contributed by atoms with Gasteiger partial charge < -0.3 is 9.84 Å². The summed E-state index contributed by atoms with van der Waals surface area (Å²) in [5.41, 5.74) is 1.39. The van der Waals surface area contributed by atoms with Crippen LogP contribution < -0.4 is 4.74 Å². The third-order valence-corrected chi connectivity index (χ3v) is 4.10. The largest absolute Gasteiger partial charge is 0.491 e. The van der Waals surface area contributed by atoms with Gasteiger partial charge in [-0.05, 0) is 30.5 Å². The van der Waals surface area contributed by atoms with Crippen molar-refractivity contribution in [2.45, 2.75) is 77.6 Å². The minimum Gasteiger partial charge on any atom is -0.491 e. The maximum absolute atomic E-state index is 8.72. The Hall–Kier alpha value is -1.02. The summed E-state index contributed by atoms with van der Waals surface area (Å²) in [5.74, 6) is 0.848. The maximum atomic E-state index is 8.72. The summed E-state index contributed by atoms with van der Waals surface area (Å²) in [6, 6.07) is 8.28. The van der Waals surface area contributed by atoms with Crippen molar-refractivity contribution in [3.05, 3.63) is 29.8 Å². The van der Waals surface area contributed by atoms with E-state index >= 15 is 0 Å². The molecule has 2 heteroatoms. The van der Waals surface area contributed by atoms with E-state index in [1.165, 1.54) is 69.8 Å². The second-order valence-electron chi connectivity index (χ2n) is 6.15. The minimum atomic E-state index is 0.0698. The van der Waals surface area contributed by atoms with Crippen molar-refractivity contribution in [1.82, 2.24) is 0 Å². The van der Waals surface area contributed by atoms with Crippen molar-refractivity contribution in [2.75, 3.05) is 13.2 Å². The number of rotatable bonds is 14. The highest BCUT2D eigenvalue weighted by atomic mass is 16.5. The monoisotopic (exact) mass is 306 g/mol. The average molecular weight is 306 g/mol. The van der Waals surface area contributed by atoms with E-state index in [9.17, 15) is 0 Å². The standard InChI is InChI=1S/C20H34O2/c1-2-3-4-5-6-7-8-9-10-11-12-19-13-15-20(16-14-19)22-18-17-21/h13-16,21H,2-12,17-18H2,1H3. The zero-order valence-electron chi connectivity index (χ0n) is 14.4. The average Bonchev–Trinajstić information content (AvgIpc) is 2.56. The predicted octanol–water partition coefficient (Wildman–Crippen LogP) is 5.52. The summed E-state index contributed by atoms with van der Waals surface area (Å²) < 4.78 is 5.37. The van der Waals surface area contributed by atoms with Gasteiger partial charge in [0.15, 0.2) is 0 Å². The molecule has 0 bridgehead atoms. The molecule has 0 atom stereocenters. The molecule has 0 aliphatic carbocycles. The zero-order valence-corrected chi connectivity index (χ0v) is 14.4. The van der Waals surface area contributed by atoms with Crippen molar-refractivity contribution >= 4 is 0 Å². The van der Waals surface area contributed by atoms with Crippen molar-refractivity contribution in [3.63, 3.8) is 0 Å². The van der Waals surface area contributed by atoms with E-state index in [-0.39, 0.29) is 6.61 Å². The van der Waals surface area contributed by atoms with E-state index in [0.717, 1.165) is 12.2 Å². The van der Waals surface area contributed by atoms with Crippen LogP contribution in [0.2, 0.25) is 0 Å². The highest BCUT2D eigenvalue weighted by Gasteiger charge is 1.97. The molecule has 1 rings (SSSR count). The Kier molecular flexibility index (Phi) is 11.8. The number of aryl methyl sites for hydroxylation is 1. The normalized spacial score (nSPS) is 10.8. The molecule has 2 nitrogen and oxygen atoms in total. The highest BCUT2D eigenvalue weighted by Crippen LogP contribution is 2.15. The van der Waals surface area contributed by atoms with Crippen LogP contribution in [0.1, 0.15) is 76.7 Å². The molecule has 126 valence electrons. The minimum absolute atomic E-state index is 0.0698. The topological polar surface area (TPSA) is 29.5 Å². The molecule has 0 aliphatic rings. The lowest BCUT2D eigenvalue weighted by Gasteiger charge is -2.06. The molecule has 1 N–H and O–H groups in total. The van der Waals surface area contributed by atoms with Crippen molar-refractivity contribution in [2.24, 2.45) is 0 Å². The Labute approximate surface area is 136 Å². The van der Waals surface area contributed by atoms with Gasteiger partial charge in [-0.2, -0.15) is 0 Å². The van der Waals surface area contributed by atoms with Crippen LogP contribution in [-0.2, 0) is 6.42 Å². The zero-order chi connectivity index (χ0) is 15.9. The van der Waals surface area contributed by atoms with E-state index in [0.29, 0.717) is 6.61 Å². The Morgan fingerprint density at radius 3 is 1.86 bits per heavy atom. The lowest BCUT2D eigenvalue weighted by Crippen LogP contribution is -2.01. The van der Waals surface area contributed by atoms with Gasteiger partial charge in [-0.3, -0.25) is 0 Å². The van der Waals surface area contributed by atoms with E-state index < -0.39 is 0 Å². The molecule has 0 spiro atoms. The fourth-order valence-electron chi connectivity index (χ4n) is 2.73. The molecule has 0 saturated heterocycles. The van der Waals surface area contributed by atoms with E-state index in [2.05, 4.69) is 19.1 Å². The molecule has 0 saturated carbocycles. The summed E-state index contributed by atoms with van der Waals surface area (Å²) in [5, 5.41) is 8.72. The van der Waals surface area contributed by atoms with Gasteiger partial charge in [0.1, 0.15) is 12.4 Å². The van der Waals surface area contributed by atoms with E-state index in [4.69, 9.17) is 9.84 Å². The fraction of sp³-hybridized carbons (Fsp3) is 0.700. The first kappa shape index (κ1) is 19.0. The quantitative estimate of drug-likeness (QED) is 0.458. The number of aliphatic hydroxyl groups is 1. The molecule has 0 aromatic heterocycles. The molecule has 0 unspecified atom stereocenters. The van der Waals surface area contributed by atoms with Gasteiger partial charge in [-0.15, -0.1) is 0 Å².